The molecule has 0 aliphatic heterocycles. The Labute approximate surface area is 655 Å². The van der Waals surface area contributed by atoms with Crippen LogP contribution in [0.2, 0.25) is 0 Å². The highest BCUT2D eigenvalue weighted by Crippen LogP contribution is 2.59. The molecule has 0 radical (unpaired) electrons. The Kier molecular flexibility index (Phi) is 13.3. The number of rotatable bonds is 8. The van der Waals surface area contributed by atoms with Gasteiger partial charge in [0, 0.05) is 21.5 Å². The molecule has 1 aliphatic carbocycles. The second-order valence-electron chi connectivity index (χ2n) is 30.9. The molecule has 24 aromatic rings. The van der Waals surface area contributed by atoms with Crippen LogP contribution in [0.3, 0.4) is 0 Å². The molecular formula is C110H64N4. The minimum absolute atomic E-state index is 0.974. The fourth-order valence-electron chi connectivity index (χ4n) is 19.8. The molecule has 4 nitrogen and oxygen atoms in total. The van der Waals surface area contributed by atoms with E-state index in [-0.39, 0.29) is 0 Å². The van der Waals surface area contributed by atoms with Gasteiger partial charge in [-0.3, -0.25) is 8.80 Å². The van der Waals surface area contributed by atoms with Gasteiger partial charge in [-0.25, -0.2) is 9.97 Å². The van der Waals surface area contributed by atoms with Crippen LogP contribution in [0.4, 0.5) is 0 Å². The minimum atomic E-state index is 0.974. The summed E-state index contributed by atoms with van der Waals surface area (Å²) in [7, 11) is 0. The summed E-state index contributed by atoms with van der Waals surface area (Å²) in [5, 5.41) is 21.8. The van der Waals surface area contributed by atoms with Crippen molar-refractivity contribution < 1.29 is 0 Å². The Hall–Kier alpha value is -15.1. The van der Waals surface area contributed by atoms with E-state index < -0.39 is 0 Å². The van der Waals surface area contributed by atoms with Gasteiger partial charge >= 0.3 is 0 Å². The lowest BCUT2D eigenvalue weighted by Crippen LogP contribution is -1.94. The third-order valence-electron chi connectivity index (χ3n) is 24.9. The number of para-hydroxylation sites is 4. The summed E-state index contributed by atoms with van der Waals surface area (Å²) < 4.78 is 4.70. The predicted molar refractivity (Wildman–Crippen MR) is 482 cm³/mol. The molecule has 4 heteroatoms. The molecule has 0 spiro atoms. The monoisotopic (exact) mass is 1440 g/mol. The topological polar surface area (TPSA) is 34.6 Å². The zero-order valence-corrected chi connectivity index (χ0v) is 61.7. The van der Waals surface area contributed by atoms with Crippen molar-refractivity contribution in [2.75, 3.05) is 0 Å². The maximum atomic E-state index is 5.25. The van der Waals surface area contributed by atoms with Crippen molar-refractivity contribution in [3.8, 4) is 111 Å². The van der Waals surface area contributed by atoms with Gasteiger partial charge in [-0.1, -0.05) is 315 Å². The molecule has 0 bridgehead atoms. The predicted octanol–water partition coefficient (Wildman–Crippen LogP) is 29.8. The number of imidazole rings is 2. The molecule has 1 aliphatic rings. The molecule has 0 saturated heterocycles. The van der Waals surface area contributed by atoms with Gasteiger partial charge in [0.25, 0.3) is 0 Å². The number of fused-ring (bicyclic) bond motifs is 24. The summed E-state index contributed by atoms with van der Waals surface area (Å²) in [6.07, 6.45) is 0. The SMILES string of the molecule is c1ccc(-c2c3c(c(-c4cccc(-c5ccc6cc(-c7c8ccccc8c(-c8ccc9ccccc9c8)c8cc(-c9ccc%10c%11ccccc%11c%11nc%12ccccc%12n%11c%10c9)ccc78)ccc6c5)c4)c4ccccc24)-c2cccc4c(-c5ccc(-c6ccc7c(c6)c6ccccc6c6nc8ccccc8n76)cc5)ccc-3c24)cc1. The largest absolute Gasteiger partial charge is 0.292 e. The van der Waals surface area contributed by atoms with Crippen molar-refractivity contribution in [2.45, 2.75) is 0 Å². The number of hydrogen-bond acceptors (Lipinski definition) is 2. The zero-order chi connectivity index (χ0) is 74.4. The Morgan fingerprint density at radius 3 is 1.25 bits per heavy atom. The summed E-state index contributed by atoms with van der Waals surface area (Å²) in [4.78, 5) is 10.4. The van der Waals surface area contributed by atoms with Crippen molar-refractivity contribution in [3.63, 3.8) is 0 Å². The zero-order valence-electron chi connectivity index (χ0n) is 61.7. The van der Waals surface area contributed by atoms with Gasteiger partial charge in [-0.2, -0.15) is 0 Å². The first kappa shape index (κ1) is 62.8. The van der Waals surface area contributed by atoms with Gasteiger partial charge in [0.05, 0.1) is 33.1 Å². The number of pyridine rings is 2. The minimum Gasteiger partial charge on any atom is -0.292 e. The van der Waals surface area contributed by atoms with Crippen LogP contribution in [0, 0.1) is 0 Å². The molecule has 20 aromatic carbocycles. The summed E-state index contributed by atoms with van der Waals surface area (Å²) >= 11 is 0. The molecule has 0 amide bonds. The van der Waals surface area contributed by atoms with E-state index in [1.807, 2.05) is 0 Å². The number of benzene rings is 20. The lowest BCUT2D eigenvalue weighted by Gasteiger charge is -2.21. The van der Waals surface area contributed by atoms with Crippen LogP contribution in [0.1, 0.15) is 0 Å². The van der Waals surface area contributed by atoms with Crippen LogP contribution in [-0.4, -0.2) is 18.8 Å². The summed E-state index contributed by atoms with van der Waals surface area (Å²) in [6.45, 7) is 0. The van der Waals surface area contributed by atoms with Crippen molar-refractivity contribution >= 4 is 141 Å². The standard InChI is InChI=1S/C110H64N4/c1-2-21-68(22-3-1)104-87-30-10-11-31-88(87)105(107-92-35-19-34-84-80(55-56-93(106(84)92)108(104)107)67-43-40-66(41-44-67)74-52-57-98-94(62-74)82-27-7-13-33-91(82)109-111-96-36-14-16-38-99(96)113(98)109)77-25-18-24-70(60-77)71-45-46-73-61-78(49-47-72(73)58-71)102-85-28-8-9-29-86(85)103(79-48-42-65-20-4-5-23-69(65)59-79)95-63-75(51-54-89(95)102)76-50-53-83-81-26-6-12-32-90(81)110-112-97-37-15-17-39-100(97)114(110)101(83)64-76/h1-64H. The second-order valence-corrected chi connectivity index (χ2v) is 30.9. The first-order valence-corrected chi connectivity index (χ1v) is 39.4. The molecule has 4 aromatic heterocycles. The fourth-order valence-corrected chi connectivity index (χ4v) is 19.8. The van der Waals surface area contributed by atoms with E-state index in [0.717, 1.165) is 66.3 Å². The van der Waals surface area contributed by atoms with E-state index in [9.17, 15) is 0 Å². The average molecular weight is 1440 g/mol. The summed E-state index contributed by atoms with van der Waals surface area (Å²) in [6, 6.07) is 145. The van der Waals surface area contributed by atoms with Gasteiger partial charge in [-0.15, -0.1) is 0 Å². The van der Waals surface area contributed by atoms with Gasteiger partial charge in [-0.05, 0) is 259 Å². The van der Waals surface area contributed by atoms with Gasteiger partial charge < -0.3 is 0 Å². The van der Waals surface area contributed by atoms with Crippen molar-refractivity contribution in [2.24, 2.45) is 0 Å². The fraction of sp³-hybridized carbons (Fsp3) is 0. The molecule has 0 N–H and O–H groups in total. The summed E-state index contributed by atoms with van der Waals surface area (Å²) in [5.41, 5.74) is 32.7. The lowest BCUT2D eigenvalue weighted by atomic mass is 9.82. The highest BCUT2D eigenvalue weighted by Gasteiger charge is 2.32. The summed E-state index contributed by atoms with van der Waals surface area (Å²) in [5.74, 6) is 0. The van der Waals surface area contributed by atoms with E-state index in [4.69, 9.17) is 9.97 Å². The number of aromatic nitrogens is 4. The smallest absolute Gasteiger partial charge is 0.146 e. The third kappa shape index (κ3) is 9.22. The second kappa shape index (κ2) is 24.2. The van der Waals surface area contributed by atoms with Gasteiger partial charge in [0.1, 0.15) is 11.3 Å². The van der Waals surface area contributed by atoms with Gasteiger partial charge in [0.2, 0.25) is 0 Å². The molecule has 25 rings (SSSR count). The third-order valence-corrected chi connectivity index (χ3v) is 24.9. The lowest BCUT2D eigenvalue weighted by molar-refractivity contribution is 1.31. The Bertz CT molecular complexity index is 8350. The number of nitrogens with zero attached hydrogens (tertiary/aromatic N) is 4. The van der Waals surface area contributed by atoms with Crippen LogP contribution in [0.25, 0.3) is 253 Å². The Morgan fingerprint density at radius 1 is 0.158 bits per heavy atom. The molecule has 0 unspecified atom stereocenters. The van der Waals surface area contributed by atoms with Crippen LogP contribution >= 0.6 is 0 Å². The molecule has 0 fully saturated rings. The Balaban J connectivity index is 0.606. The molecule has 4 heterocycles. The molecule has 0 saturated carbocycles. The van der Waals surface area contributed by atoms with Crippen LogP contribution in [0.15, 0.2) is 388 Å². The highest BCUT2D eigenvalue weighted by molar-refractivity contribution is 6.30. The maximum Gasteiger partial charge on any atom is 0.146 e. The number of hydrogen-bond donors (Lipinski definition) is 0. The van der Waals surface area contributed by atoms with Gasteiger partial charge in [0.15, 0.2) is 0 Å². The highest BCUT2D eigenvalue weighted by atomic mass is 15.0. The van der Waals surface area contributed by atoms with E-state index in [0.29, 0.717) is 0 Å². The normalized spacial score (nSPS) is 12.2. The van der Waals surface area contributed by atoms with E-state index >= 15 is 0 Å². The quantitative estimate of drug-likeness (QED) is 0.112. The van der Waals surface area contributed by atoms with Crippen LogP contribution in [-0.2, 0) is 0 Å². The Morgan fingerprint density at radius 2 is 0.553 bits per heavy atom. The molecule has 0 atom stereocenters. The van der Waals surface area contributed by atoms with Crippen molar-refractivity contribution in [1.82, 2.24) is 18.8 Å². The van der Waals surface area contributed by atoms with E-state index in [1.54, 1.807) is 0 Å². The maximum absolute atomic E-state index is 5.25. The van der Waals surface area contributed by atoms with E-state index in [1.165, 1.54) is 186 Å². The van der Waals surface area contributed by atoms with Crippen LogP contribution in [0.5, 0.6) is 0 Å². The van der Waals surface area contributed by atoms with Crippen molar-refractivity contribution in [1.29, 1.82) is 0 Å². The first-order chi connectivity index (χ1) is 56.5. The van der Waals surface area contributed by atoms with Crippen LogP contribution < -0.4 is 0 Å². The first-order valence-electron chi connectivity index (χ1n) is 39.4. The van der Waals surface area contributed by atoms with E-state index in [2.05, 4.69) is 397 Å². The molecular weight excluding hydrogens is 1380 g/mol. The molecule has 524 valence electrons. The average Bonchev–Trinajstić information content (AvgIpc) is 1.54. The van der Waals surface area contributed by atoms with Crippen molar-refractivity contribution in [3.05, 3.63) is 388 Å². The molecule has 114 heavy (non-hydrogen) atoms.